The molecule has 1 fully saturated rings. The average molecular weight is 294 g/mol. The van der Waals surface area contributed by atoms with Crippen LogP contribution in [0.25, 0.3) is 0 Å². The number of piperidine rings is 1. The quantitative estimate of drug-likeness (QED) is 0.888. The molecule has 0 aliphatic carbocycles. The Morgan fingerprint density at radius 1 is 1.57 bits per heavy atom. The van der Waals surface area contributed by atoms with Gasteiger partial charge in [-0.2, -0.15) is 0 Å². The Kier molecular flexibility index (Phi) is 5.12. The first-order valence-corrected chi connectivity index (χ1v) is 7.40. The predicted octanol–water partition coefficient (Wildman–Crippen LogP) is 1.72. The molecule has 116 valence electrons. The third kappa shape index (κ3) is 3.91. The van der Waals surface area contributed by atoms with Crippen LogP contribution in [0.1, 0.15) is 30.6 Å². The van der Waals surface area contributed by atoms with Crippen molar-refractivity contribution in [2.75, 3.05) is 32.0 Å². The van der Waals surface area contributed by atoms with Crippen LogP contribution in [-0.4, -0.2) is 48.5 Å². The van der Waals surface area contributed by atoms with Crippen LogP contribution in [0.4, 0.5) is 10.2 Å². The predicted molar refractivity (Wildman–Crippen MR) is 80.9 cm³/mol. The maximum absolute atomic E-state index is 13.4. The van der Waals surface area contributed by atoms with Gasteiger partial charge in [0.25, 0.3) is 5.91 Å². The number of hydrogen-bond donors (Lipinski definition) is 2. The van der Waals surface area contributed by atoms with Crippen LogP contribution < -0.4 is 10.6 Å². The molecule has 0 spiro atoms. The lowest BCUT2D eigenvalue weighted by molar-refractivity contribution is 0.0884. The highest BCUT2D eigenvalue weighted by Gasteiger charge is 2.26. The van der Waals surface area contributed by atoms with Crippen molar-refractivity contribution in [3.05, 3.63) is 23.6 Å². The Morgan fingerprint density at radius 2 is 2.33 bits per heavy atom. The van der Waals surface area contributed by atoms with Crippen molar-refractivity contribution < 1.29 is 9.18 Å². The molecule has 2 rings (SSSR count). The van der Waals surface area contributed by atoms with Gasteiger partial charge in [-0.1, -0.05) is 6.92 Å². The molecule has 2 atom stereocenters. The zero-order valence-electron chi connectivity index (χ0n) is 12.8. The van der Waals surface area contributed by atoms with E-state index < -0.39 is 5.82 Å². The molecule has 1 saturated heterocycles. The molecule has 0 radical (unpaired) electrons. The number of halogens is 1. The van der Waals surface area contributed by atoms with E-state index in [2.05, 4.69) is 34.5 Å². The SMILES string of the molecule is CCNc1ncc(F)cc1C(=O)NC1CCN(C)CC1C. The van der Waals surface area contributed by atoms with Crippen molar-refractivity contribution in [3.63, 3.8) is 0 Å². The van der Waals surface area contributed by atoms with Crippen molar-refractivity contribution in [1.82, 2.24) is 15.2 Å². The summed E-state index contributed by atoms with van der Waals surface area (Å²) in [7, 11) is 2.08. The van der Waals surface area contributed by atoms with Crippen LogP contribution in [0, 0.1) is 11.7 Å². The molecule has 1 amide bonds. The highest BCUT2D eigenvalue weighted by atomic mass is 19.1. The molecule has 1 aliphatic heterocycles. The van der Waals surface area contributed by atoms with Gasteiger partial charge in [-0.3, -0.25) is 4.79 Å². The van der Waals surface area contributed by atoms with Gasteiger partial charge in [0.15, 0.2) is 0 Å². The Bertz CT molecular complexity index is 508. The van der Waals surface area contributed by atoms with Crippen molar-refractivity contribution in [1.29, 1.82) is 0 Å². The van der Waals surface area contributed by atoms with Crippen LogP contribution in [0.2, 0.25) is 0 Å². The molecule has 0 aromatic carbocycles. The minimum atomic E-state index is -0.502. The molecule has 2 N–H and O–H groups in total. The lowest BCUT2D eigenvalue weighted by Gasteiger charge is -2.35. The van der Waals surface area contributed by atoms with Crippen molar-refractivity contribution in [2.24, 2.45) is 5.92 Å². The van der Waals surface area contributed by atoms with E-state index in [0.717, 1.165) is 25.7 Å². The van der Waals surface area contributed by atoms with Gasteiger partial charge in [-0.15, -0.1) is 0 Å². The number of amides is 1. The van der Waals surface area contributed by atoms with E-state index >= 15 is 0 Å². The van der Waals surface area contributed by atoms with Gasteiger partial charge in [0.1, 0.15) is 11.6 Å². The fourth-order valence-corrected chi connectivity index (χ4v) is 2.74. The van der Waals surface area contributed by atoms with Gasteiger partial charge in [0.05, 0.1) is 11.8 Å². The Hall–Kier alpha value is -1.69. The maximum atomic E-state index is 13.4. The molecule has 6 heteroatoms. The lowest BCUT2D eigenvalue weighted by atomic mass is 9.94. The summed E-state index contributed by atoms with van der Waals surface area (Å²) in [6.45, 7) is 6.56. The van der Waals surface area contributed by atoms with E-state index in [4.69, 9.17) is 0 Å². The van der Waals surface area contributed by atoms with E-state index in [1.165, 1.54) is 6.07 Å². The summed E-state index contributed by atoms with van der Waals surface area (Å²) in [4.78, 5) is 18.6. The summed E-state index contributed by atoms with van der Waals surface area (Å²) >= 11 is 0. The maximum Gasteiger partial charge on any atom is 0.255 e. The minimum absolute atomic E-state index is 0.117. The highest BCUT2D eigenvalue weighted by Crippen LogP contribution is 2.18. The molecule has 1 aromatic heterocycles. The number of nitrogens with one attached hydrogen (secondary N) is 2. The number of carbonyl (C=O) groups is 1. The van der Waals surface area contributed by atoms with E-state index in [1.54, 1.807) is 0 Å². The molecule has 1 aliphatic rings. The third-order valence-corrected chi connectivity index (χ3v) is 3.87. The van der Waals surface area contributed by atoms with E-state index in [9.17, 15) is 9.18 Å². The lowest BCUT2D eigenvalue weighted by Crippen LogP contribution is -2.49. The summed E-state index contributed by atoms with van der Waals surface area (Å²) in [5, 5.41) is 6.01. The molecular weight excluding hydrogens is 271 g/mol. The van der Waals surface area contributed by atoms with Crippen molar-refractivity contribution >= 4 is 11.7 Å². The summed E-state index contributed by atoms with van der Waals surface area (Å²) in [6.07, 6.45) is 2.02. The first-order valence-electron chi connectivity index (χ1n) is 7.40. The fraction of sp³-hybridized carbons (Fsp3) is 0.600. The van der Waals surface area contributed by atoms with E-state index in [0.29, 0.717) is 18.3 Å². The van der Waals surface area contributed by atoms with E-state index in [1.807, 2.05) is 6.92 Å². The molecule has 21 heavy (non-hydrogen) atoms. The first kappa shape index (κ1) is 15.7. The van der Waals surface area contributed by atoms with Gasteiger partial charge in [0.2, 0.25) is 0 Å². The second-order valence-electron chi connectivity index (χ2n) is 5.69. The zero-order chi connectivity index (χ0) is 15.4. The largest absolute Gasteiger partial charge is 0.370 e. The molecule has 2 heterocycles. The van der Waals surface area contributed by atoms with Gasteiger partial charge < -0.3 is 15.5 Å². The number of hydrogen-bond acceptors (Lipinski definition) is 4. The highest BCUT2D eigenvalue weighted by molar-refractivity contribution is 5.98. The van der Waals surface area contributed by atoms with Gasteiger partial charge in [-0.25, -0.2) is 9.37 Å². The number of rotatable bonds is 4. The number of anilines is 1. The van der Waals surface area contributed by atoms with Crippen molar-refractivity contribution in [3.8, 4) is 0 Å². The van der Waals surface area contributed by atoms with Crippen molar-refractivity contribution in [2.45, 2.75) is 26.3 Å². The number of nitrogens with zero attached hydrogens (tertiary/aromatic N) is 2. The second-order valence-corrected chi connectivity index (χ2v) is 5.69. The Labute approximate surface area is 124 Å². The smallest absolute Gasteiger partial charge is 0.255 e. The zero-order valence-corrected chi connectivity index (χ0v) is 12.8. The third-order valence-electron chi connectivity index (χ3n) is 3.87. The summed E-state index contributed by atoms with van der Waals surface area (Å²) in [5.41, 5.74) is 0.267. The van der Waals surface area contributed by atoms with Gasteiger partial charge in [-0.05, 0) is 38.9 Å². The van der Waals surface area contributed by atoms with Gasteiger partial charge in [0, 0.05) is 19.1 Å². The molecular formula is C15H23FN4O. The fourth-order valence-electron chi connectivity index (χ4n) is 2.74. The molecule has 1 aromatic rings. The molecule has 0 bridgehead atoms. The van der Waals surface area contributed by atoms with Crippen LogP contribution in [-0.2, 0) is 0 Å². The average Bonchev–Trinajstić information content (AvgIpc) is 2.44. The Morgan fingerprint density at radius 3 is 3.00 bits per heavy atom. The summed E-state index contributed by atoms with van der Waals surface area (Å²) < 4.78 is 13.4. The standard InChI is InChI=1S/C15H23FN4O/c1-4-17-14-12(7-11(16)8-18-14)15(21)19-13-5-6-20(3)9-10(13)2/h7-8,10,13H,4-6,9H2,1-3H3,(H,17,18)(H,19,21). The molecule has 2 unspecified atom stereocenters. The number of likely N-dealkylation sites (tertiary alicyclic amines) is 1. The van der Waals surface area contributed by atoms with Crippen LogP contribution >= 0.6 is 0 Å². The summed E-state index contributed by atoms with van der Waals surface area (Å²) in [5.74, 6) is 0.0337. The molecule has 0 saturated carbocycles. The number of pyridine rings is 1. The Balaban J connectivity index is 2.11. The number of aromatic nitrogens is 1. The molecule has 5 nitrogen and oxygen atoms in total. The normalized spacial score (nSPS) is 22.9. The first-order chi connectivity index (χ1) is 10.0. The van der Waals surface area contributed by atoms with Crippen LogP contribution in [0.15, 0.2) is 12.3 Å². The second kappa shape index (κ2) is 6.85. The topological polar surface area (TPSA) is 57.3 Å². The van der Waals surface area contributed by atoms with Crippen LogP contribution in [0.5, 0.6) is 0 Å². The monoisotopic (exact) mass is 294 g/mol. The number of carbonyl (C=O) groups excluding carboxylic acids is 1. The van der Waals surface area contributed by atoms with Gasteiger partial charge >= 0.3 is 0 Å². The summed E-state index contributed by atoms with van der Waals surface area (Å²) in [6, 6.07) is 1.35. The van der Waals surface area contributed by atoms with Crippen LogP contribution in [0.3, 0.4) is 0 Å². The minimum Gasteiger partial charge on any atom is -0.370 e. The van der Waals surface area contributed by atoms with E-state index in [-0.39, 0.29) is 17.5 Å².